The first-order valence-corrected chi connectivity index (χ1v) is 17.3. The summed E-state index contributed by atoms with van der Waals surface area (Å²) in [6, 6.07) is 8.96. The molecule has 3 aromatic rings. The fraction of sp³-hybridized carbons (Fsp3) is 0.500. The number of aromatic nitrogens is 2. The number of amides is 4. The highest BCUT2D eigenvalue weighted by Gasteiger charge is 2.25. The van der Waals surface area contributed by atoms with Gasteiger partial charge in [0, 0.05) is 43.2 Å². The van der Waals surface area contributed by atoms with Crippen LogP contribution in [-0.2, 0) is 16.0 Å². The van der Waals surface area contributed by atoms with E-state index in [1.54, 1.807) is 15.7 Å². The van der Waals surface area contributed by atoms with Crippen molar-refractivity contribution in [3.8, 4) is 0 Å². The Hall–Kier alpha value is -3.39. The second-order valence-electron chi connectivity index (χ2n) is 11.6. The van der Waals surface area contributed by atoms with Gasteiger partial charge in [0.25, 0.3) is 11.8 Å². The van der Waals surface area contributed by atoms with Crippen molar-refractivity contribution < 1.29 is 19.2 Å². The summed E-state index contributed by atoms with van der Waals surface area (Å²) in [5, 5.41) is 13.8. The zero-order valence-corrected chi connectivity index (χ0v) is 28.8. The number of halogens is 1. The van der Waals surface area contributed by atoms with Gasteiger partial charge in [0.1, 0.15) is 21.4 Å². The van der Waals surface area contributed by atoms with Crippen LogP contribution >= 0.6 is 35.1 Å². The van der Waals surface area contributed by atoms with E-state index < -0.39 is 6.04 Å². The summed E-state index contributed by atoms with van der Waals surface area (Å²) in [5.74, 6) is -0.515. The zero-order chi connectivity index (χ0) is 32.2. The van der Waals surface area contributed by atoms with E-state index in [0.29, 0.717) is 74.7 Å². The summed E-state index contributed by atoms with van der Waals surface area (Å²) in [6.07, 6.45) is 3.39. The molecular formula is C32H44ClN7O4S2. The monoisotopic (exact) mass is 689 g/mol. The number of nitrogens with zero attached hydrogens (tertiary/aromatic N) is 3. The molecule has 0 saturated heterocycles. The predicted octanol–water partition coefficient (Wildman–Crippen LogP) is 4.42. The highest BCUT2D eigenvalue weighted by molar-refractivity contribution is 7.10. The van der Waals surface area contributed by atoms with Gasteiger partial charge in [-0.15, -0.1) is 35.1 Å². The minimum absolute atomic E-state index is 0. The summed E-state index contributed by atoms with van der Waals surface area (Å²) < 4.78 is 0. The average Bonchev–Trinajstić information content (AvgIpc) is 3.71. The van der Waals surface area contributed by atoms with E-state index in [-0.39, 0.29) is 65.8 Å². The van der Waals surface area contributed by atoms with Gasteiger partial charge in [-0.25, -0.2) is 9.97 Å². The van der Waals surface area contributed by atoms with Crippen LogP contribution in [0.2, 0.25) is 0 Å². The molecule has 0 saturated carbocycles. The highest BCUT2D eigenvalue weighted by atomic mass is 35.5. The fourth-order valence-electron chi connectivity index (χ4n) is 5.11. The standard InChI is InChI=1S/C32H43N7O4S2.ClH/c1-21(2)17-23-31-38-26(20-45-31)30(43)36-24(18-22-9-4-3-5-10-22)32-37-25(19-44-32)29(42)34-14-8-16-39(28(41)12-6-13-33)15-7-11-27(40)35-23;/h3-5,9-10,19-21,23-24H,6-8,11-18,33H2,1-2H3,(H,34,42)(H,35,40)(H,36,43);1H/t23-,24-;/m0./s1. The van der Waals surface area contributed by atoms with E-state index in [4.69, 9.17) is 5.73 Å². The molecule has 5 N–H and O–H groups in total. The van der Waals surface area contributed by atoms with E-state index in [0.717, 1.165) is 5.56 Å². The molecule has 1 aliphatic rings. The normalized spacial score (nSPS) is 18.5. The van der Waals surface area contributed by atoms with Crippen molar-refractivity contribution in [2.75, 3.05) is 26.2 Å². The highest BCUT2D eigenvalue weighted by Crippen LogP contribution is 2.27. The van der Waals surface area contributed by atoms with Gasteiger partial charge in [0.15, 0.2) is 0 Å². The Morgan fingerprint density at radius 2 is 1.61 bits per heavy atom. The number of thiazole rings is 2. The summed E-state index contributed by atoms with van der Waals surface area (Å²) in [6.45, 7) is 5.83. The molecule has 4 amide bonds. The van der Waals surface area contributed by atoms with Gasteiger partial charge in [0.05, 0.1) is 12.1 Å². The van der Waals surface area contributed by atoms with Crippen LogP contribution in [-0.4, -0.2) is 64.7 Å². The first-order chi connectivity index (χ1) is 21.7. The molecule has 4 rings (SSSR count). The molecule has 2 atom stereocenters. The Morgan fingerprint density at radius 1 is 0.957 bits per heavy atom. The number of benzene rings is 1. The van der Waals surface area contributed by atoms with Gasteiger partial charge in [-0.05, 0) is 50.1 Å². The van der Waals surface area contributed by atoms with E-state index in [1.165, 1.54) is 22.7 Å². The molecule has 4 bridgehead atoms. The van der Waals surface area contributed by atoms with Crippen molar-refractivity contribution in [3.05, 3.63) is 68.1 Å². The summed E-state index contributed by atoms with van der Waals surface area (Å²) in [5.41, 5.74) is 7.18. The molecule has 0 spiro atoms. The number of nitrogens with one attached hydrogen (secondary N) is 3. The van der Waals surface area contributed by atoms with Crippen molar-refractivity contribution in [2.24, 2.45) is 11.7 Å². The first kappa shape index (κ1) is 37.1. The molecule has 11 nitrogen and oxygen atoms in total. The molecule has 2 aromatic heterocycles. The molecule has 0 fully saturated rings. The number of fused-ring (bicyclic) bond motifs is 4. The van der Waals surface area contributed by atoms with Crippen LogP contribution < -0.4 is 21.7 Å². The number of carbonyl (C=O) groups is 4. The van der Waals surface area contributed by atoms with Crippen molar-refractivity contribution in [2.45, 2.75) is 70.9 Å². The smallest absolute Gasteiger partial charge is 0.271 e. The Bertz CT molecular complexity index is 1430. The lowest BCUT2D eigenvalue weighted by Crippen LogP contribution is -2.36. The third kappa shape index (κ3) is 11.1. The molecule has 1 aliphatic heterocycles. The maximum atomic E-state index is 13.5. The van der Waals surface area contributed by atoms with E-state index >= 15 is 0 Å². The third-order valence-electron chi connectivity index (χ3n) is 7.41. The van der Waals surface area contributed by atoms with E-state index in [1.807, 2.05) is 30.3 Å². The molecule has 250 valence electrons. The van der Waals surface area contributed by atoms with Gasteiger partial charge >= 0.3 is 0 Å². The second kappa shape index (κ2) is 18.7. The van der Waals surface area contributed by atoms with Crippen molar-refractivity contribution in [1.82, 2.24) is 30.8 Å². The number of rotatable bonds is 7. The Balaban J connectivity index is 0.00000576. The minimum atomic E-state index is -0.482. The molecule has 0 unspecified atom stereocenters. The number of nitrogens with two attached hydrogens (primary N) is 1. The molecule has 14 heteroatoms. The minimum Gasteiger partial charge on any atom is -0.351 e. The first-order valence-electron chi connectivity index (χ1n) is 15.5. The molecule has 46 heavy (non-hydrogen) atoms. The van der Waals surface area contributed by atoms with Crippen LogP contribution in [0.15, 0.2) is 41.1 Å². The van der Waals surface area contributed by atoms with Crippen LogP contribution in [0, 0.1) is 5.92 Å². The molecule has 1 aromatic carbocycles. The summed E-state index contributed by atoms with van der Waals surface area (Å²) >= 11 is 2.66. The average molecular weight is 690 g/mol. The quantitative estimate of drug-likeness (QED) is 0.286. The van der Waals surface area contributed by atoms with Crippen LogP contribution in [0.4, 0.5) is 0 Å². The van der Waals surface area contributed by atoms with Crippen LogP contribution in [0.3, 0.4) is 0 Å². The van der Waals surface area contributed by atoms with Crippen molar-refractivity contribution >= 4 is 58.7 Å². The Kier molecular flexibility index (Phi) is 15.1. The van der Waals surface area contributed by atoms with Gasteiger partial charge in [0.2, 0.25) is 11.8 Å². The lowest BCUT2D eigenvalue weighted by Gasteiger charge is -2.23. The molecule has 0 aliphatic carbocycles. The van der Waals surface area contributed by atoms with Crippen LogP contribution in [0.25, 0.3) is 0 Å². The number of carbonyl (C=O) groups excluding carboxylic acids is 4. The lowest BCUT2D eigenvalue weighted by atomic mass is 10.0. The SMILES string of the molecule is CC(C)C[C@@H]1NC(=O)CCCN(C(=O)CCCN)CCCNC(=O)c2csc(n2)[C@H](Cc2ccccc2)NC(=O)c2csc1n2.Cl. The summed E-state index contributed by atoms with van der Waals surface area (Å²) in [4.78, 5) is 63.4. The van der Waals surface area contributed by atoms with Crippen molar-refractivity contribution in [3.63, 3.8) is 0 Å². The Labute approximate surface area is 284 Å². The van der Waals surface area contributed by atoms with Gasteiger partial charge < -0.3 is 26.6 Å². The van der Waals surface area contributed by atoms with Gasteiger partial charge in [-0.2, -0.15) is 0 Å². The molecule has 0 radical (unpaired) electrons. The van der Waals surface area contributed by atoms with Crippen LogP contribution in [0.1, 0.15) is 101 Å². The molecule has 3 heterocycles. The zero-order valence-electron chi connectivity index (χ0n) is 26.3. The number of hydrogen-bond donors (Lipinski definition) is 4. The van der Waals surface area contributed by atoms with E-state index in [2.05, 4.69) is 39.8 Å². The van der Waals surface area contributed by atoms with Gasteiger partial charge in [-0.3, -0.25) is 19.2 Å². The topological polar surface area (TPSA) is 159 Å². The van der Waals surface area contributed by atoms with E-state index in [9.17, 15) is 19.2 Å². The lowest BCUT2D eigenvalue weighted by molar-refractivity contribution is -0.132. The van der Waals surface area contributed by atoms with Gasteiger partial charge in [-0.1, -0.05) is 44.2 Å². The summed E-state index contributed by atoms with van der Waals surface area (Å²) in [7, 11) is 0. The number of hydrogen-bond acceptors (Lipinski definition) is 9. The molecular weight excluding hydrogens is 646 g/mol. The predicted molar refractivity (Wildman–Crippen MR) is 183 cm³/mol. The Morgan fingerprint density at radius 3 is 2.28 bits per heavy atom. The third-order valence-corrected chi connectivity index (χ3v) is 9.32. The fourth-order valence-corrected chi connectivity index (χ4v) is 6.82. The van der Waals surface area contributed by atoms with Crippen molar-refractivity contribution in [1.29, 1.82) is 0 Å². The maximum absolute atomic E-state index is 13.5. The van der Waals surface area contributed by atoms with Crippen LogP contribution in [0.5, 0.6) is 0 Å². The largest absolute Gasteiger partial charge is 0.351 e. The maximum Gasteiger partial charge on any atom is 0.271 e. The second-order valence-corrected chi connectivity index (χ2v) is 13.4.